The summed E-state index contributed by atoms with van der Waals surface area (Å²) in [5.41, 5.74) is 0.376. The predicted molar refractivity (Wildman–Crippen MR) is 59.4 cm³/mol. The van der Waals surface area contributed by atoms with E-state index in [2.05, 4.69) is 11.7 Å². The summed E-state index contributed by atoms with van der Waals surface area (Å²) in [5.74, 6) is 0. The van der Waals surface area contributed by atoms with E-state index >= 15 is 0 Å². The Morgan fingerprint density at radius 3 is 2.00 bits per heavy atom. The van der Waals surface area contributed by atoms with Gasteiger partial charge >= 0.3 is 7.12 Å². The lowest BCUT2D eigenvalue weighted by Crippen LogP contribution is -2.41. The van der Waals surface area contributed by atoms with Gasteiger partial charge < -0.3 is 9.31 Å². The van der Waals surface area contributed by atoms with Gasteiger partial charge in [-0.05, 0) is 46.8 Å². The first-order valence-electron chi connectivity index (χ1n) is 4.78. The molecular weight excluding hydrogens is 177 g/mol. The Morgan fingerprint density at radius 1 is 1.21 bits per heavy atom. The Hall–Kier alpha value is -0.605. The average molecular weight is 195 g/mol. The van der Waals surface area contributed by atoms with Crippen LogP contribution in [-0.2, 0) is 9.31 Å². The Bertz CT molecular complexity index is 255. The standard InChI is InChI=1S/C10H18BNO2/c1-8(7-12-6)11-13-9(2,3)10(4,5)14-11/h7H,6H2,1-5H3/b8-7+. The topological polar surface area (TPSA) is 30.8 Å². The molecule has 0 amide bonds. The maximum atomic E-state index is 5.80. The van der Waals surface area contributed by atoms with Gasteiger partial charge in [0.2, 0.25) is 0 Å². The van der Waals surface area contributed by atoms with Gasteiger partial charge in [0.25, 0.3) is 0 Å². The monoisotopic (exact) mass is 195 g/mol. The fraction of sp³-hybridized carbons (Fsp3) is 0.700. The molecule has 4 heteroatoms. The first-order valence-corrected chi connectivity index (χ1v) is 4.78. The Morgan fingerprint density at radius 2 is 1.64 bits per heavy atom. The van der Waals surface area contributed by atoms with Crippen LogP contribution >= 0.6 is 0 Å². The van der Waals surface area contributed by atoms with Gasteiger partial charge in [0.05, 0.1) is 11.2 Å². The van der Waals surface area contributed by atoms with Crippen molar-refractivity contribution >= 4 is 13.8 Å². The number of hydrogen-bond acceptors (Lipinski definition) is 3. The lowest BCUT2D eigenvalue weighted by Gasteiger charge is -2.32. The van der Waals surface area contributed by atoms with Crippen molar-refractivity contribution in [1.82, 2.24) is 0 Å². The molecule has 0 saturated carbocycles. The van der Waals surface area contributed by atoms with Gasteiger partial charge in [-0.25, -0.2) is 0 Å². The smallest absolute Gasteiger partial charge is 0.400 e. The van der Waals surface area contributed by atoms with Crippen molar-refractivity contribution in [3.8, 4) is 0 Å². The van der Waals surface area contributed by atoms with Crippen molar-refractivity contribution in [3.63, 3.8) is 0 Å². The van der Waals surface area contributed by atoms with Crippen LogP contribution in [-0.4, -0.2) is 25.0 Å². The second-order valence-corrected chi connectivity index (χ2v) is 4.64. The molecule has 0 bridgehead atoms. The van der Waals surface area contributed by atoms with Gasteiger partial charge in [-0.3, -0.25) is 4.99 Å². The van der Waals surface area contributed by atoms with E-state index in [0.29, 0.717) is 0 Å². The quantitative estimate of drug-likeness (QED) is 0.499. The molecule has 0 radical (unpaired) electrons. The van der Waals surface area contributed by atoms with Crippen LogP contribution in [0.2, 0.25) is 0 Å². The fourth-order valence-electron chi connectivity index (χ4n) is 1.23. The molecule has 0 aromatic heterocycles. The maximum absolute atomic E-state index is 5.80. The zero-order valence-electron chi connectivity index (χ0n) is 9.63. The lowest BCUT2D eigenvalue weighted by atomic mass is 9.80. The van der Waals surface area contributed by atoms with E-state index in [4.69, 9.17) is 9.31 Å². The molecule has 0 aromatic carbocycles. The second-order valence-electron chi connectivity index (χ2n) is 4.64. The molecule has 0 N–H and O–H groups in total. The summed E-state index contributed by atoms with van der Waals surface area (Å²) in [7, 11) is -0.300. The molecule has 0 spiro atoms. The minimum atomic E-state index is -0.300. The molecule has 0 aliphatic carbocycles. The van der Waals surface area contributed by atoms with Gasteiger partial charge in [0.15, 0.2) is 0 Å². The normalized spacial score (nSPS) is 25.2. The minimum absolute atomic E-state index is 0.284. The minimum Gasteiger partial charge on any atom is -0.400 e. The maximum Gasteiger partial charge on any atom is 0.491 e. The number of hydrogen-bond donors (Lipinski definition) is 0. The van der Waals surface area contributed by atoms with E-state index < -0.39 is 0 Å². The second kappa shape index (κ2) is 3.52. The molecule has 1 heterocycles. The van der Waals surface area contributed by atoms with Gasteiger partial charge in [-0.15, -0.1) is 0 Å². The van der Waals surface area contributed by atoms with Crippen LogP contribution in [0.15, 0.2) is 16.7 Å². The third kappa shape index (κ3) is 1.91. The molecule has 78 valence electrons. The molecule has 1 aliphatic rings. The van der Waals surface area contributed by atoms with Crippen LogP contribution in [0.3, 0.4) is 0 Å². The van der Waals surface area contributed by atoms with E-state index in [1.807, 2.05) is 34.6 Å². The van der Waals surface area contributed by atoms with Crippen LogP contribution in [0.4, 0.5) is 0 Å². The van der Waals surface area contributed by atoms with Gasteiger partial charge in [0, 0.05) is 6.20 Å². The summed E-state index contributed by atoms with van der Waals surface area (Å²) in [6, 6.07) is 0. The highest BCUT2D eigenvalue weighted by atomic mass is 16.7. The first kappa shape index (κ1) is 11.5. The molecule has 0 unspecified atom stereocenters. The number of allylic oxidation sites excluding steroid dienone is 1. The Balaban J connectivity index is 2.83. The molecule has 1 aliphatic heterocycles. The fourth-order valence-corrected chi connectivity index (χ4v) is 1.23. The van der Waals surface area contributed by atoms with Crippen LogP contribution < -0.4 is 0 Å². The van der Waals surface area contributed by atoms with Crippen LogP contribution in [0.5, 0.6) is 0 Å². The molecule has 1 saturated heterocycles. The Labute approximate surface area is 86.3 Å². The SMILES string of the molecule is C=N/C=C(\C)B1OC(C)(C)C(C)(C)O1. The molecular formula is C10H18BNO2. The van der Waals surface area contributed by atoms with Gasteiger partial charge in [-0.1, -0.05) is 0 Å². The summed E-state index contributed by atoms with van der Waals surface area (Å²) < 4.78 is 11.6. The van der Waals surface area contributed by atoms with E-state index in [1.165, 1.54) is 0 Å². The van der Waals surface area contributed by atoms with Crippen LogP contribution in [0, 0.1) is 0 Å². The molecule has 0 aromatic rings. The highest BCUT2D eigenvalue weighted by Crippen LogP contribution is 2.38. The van der Waals surface area contributed by atoms with Crippen molar-refractivity contribution in [3.05, 3.63) is 11.7 Å². The third-order valence-corrected chi connectivity index (χ3v) is 2.92. The summed E-state index contributed by atoms with van der Waals surface area (Å²) in [6.07, 6.45) is 1.67. The van der Waals surface area contributed by atoms with Gasteiger partial charge in [-0.2, -0.15) is 0 Å². The highest BCUT2D eigenvalue weighted by Gasteiger charge is 2.51. The van der Waals surface area contributed by atoms with E-state index in [9.17, 15) is 0 Å². The third-order valence-electron chi connectivity index (χ3n) is 2.92. The summed E-state index contributed by atoms with van der Waals surface area (Å²) in [4.78, 5) is 3.70. The summed E-state index contributed by atoms with van der Waals surface area (Å²) >= 11 is 0. The molecule has 0 atom stereocenters. The van der Waals surface area contributed by atoms with E-state index in [0.717, 1.165) is 5.47 Å². The van der Waals surface area contributed by atoms with E-state index in [1.54, 1.807) is 6.20 Å². The molecule has 3 nitrogen and oxygen atoms in total. The van der Waals surface area contributed by atoms with E-state index in [-0.39, 0.29) is 18.3 Å². The molecule has 1 rings (SSSR count). The number of nitrogens with zero attached hydrogens (tertiary/aromatic N) is 1. The van der Waals surface area contributed by atoms with Crippen molar-refractivity contribution < 1.29 is 9.31 Å². The summed E-state index contributed by atoms with van der Waals surface area (Å²) in [6.45, 7) is 13.5. The van der Waals surface area contributed by atoms with Gasteiger partial charge in [0.1, 0.15) is 0 Å². The van der Waals surface area contributed by atoms with Crippen LogP contribution in [0.1, 0.15) is 34.6 Å². The van der Waals surface area contributed by atoms with Crippen molar-refractivity contribution in [2.24, 2.45) is 4.99 Å². The number of aliphatic imine (C=N–C) groups is 1. The molecule has 14 heavy (non-hydrogen) atoms. The largest absolute Gasteiger partial charge is 0.491 e. The Kier molecular flexibility index (Phi) is 2.88. The zero-order valence-corrected chi connectivity index (χ0v) is 9.63. The molecule has 1 fully saturated rings. The predicted octanol–water partition coefficient (Wildman–Crippen LogP) is 2.22. The van der Waals surface area contributed by atoms with Crippen molar-refractivity contribution in [2.45, 2.75) is 45.8 Å². The number of rotatable bonds is 2. The first-order chi connectivity index (χ1) is 6.30. The lowest BCUT2D eigenvalue weighted by molar-refractivity contribution is 0.00578. The zero-order chi connectivity index (χ0) is 11.0. The van der Waals surface area contributed by atoms with Crippen molar-refractivity contribution in [1.29, 1.82) is 0 Å². The summed E-state index contributed by atoms with van der Waals surface area (Å²) in [5, 5.41) is 0. The van der Waals surface area contributed by atoms with Crippen LogP contribution in [0.25, 0.3) is 0 Å². The van der Waals surface area contributed by atoms with Crippen molar-refractivity contribution in [2.75, 3.05) is 0 Å². The highest BCUT2D eigenvalue weighted by molar-refractivity contribution is 6.54. The average Bonchev–Trinajstić information content (AvgIpc) is 2.22.